The van der Waals surface area contributed by atoms with E-state index in [0.29, 0.717) is 12.3 Å². The van der Waals surface area contributed by atoms with Gasteiger partial charge in [-0.1, -0.05) is 6.07 Å². The van der Waals surface area contributed by atoms with Crippen molar-refractivity contribution in [2.24, 2.45) is 0 Å². The Bertz CT molecular complexity index is 817. The summed E-state index contributed by atoms with van der Waals surface area (Å²) in [6, 6.07) is 5.09. The van der Waals surface area contributed by atoms with Crippen molar-refractivity contribution in [1.29, 1.82) is 0 Å². The second kappa shape index (κ2) is 8.72. The zero-order chi connectivity index (χ0) is 19.2. The lowest BCUT2D eigenvalue weighted by molar-refractivity contribution is -0.0395. The minimum Gasteiger partial charge on any atom is -0.357 e. The molecular formula is C18H22FN5O3. The number of hydrogen-bond acceptors (Lipinski definition) is 5. The maximum atomic E-state index is 12.5. The molecule has 0 aliphatic carbocycles. The minimum absolute atomic E-state index is 0.0126. The minimum atomic E-state index is -0.687. The summed E-state index contributed by atoms with van der Waals surface area (Å²) in [6.07, 6.45) is 4.00. The van der Waals surface area contributed by atoms with Crippen LogP contribution in [0, 0.1) is 6.92 Å². The van der Waals surface area contributed by atoms with Gasteiger partial charge in [0.25, 0.3) is 11.8 Å². The van der Waals surface area contributed by atoms with Crippen LogP contribution in [0.2, 0.25) is 0 Å². The predicted molar refractivity (Wildman–Crippen MR) is 96.3 cm³/mol. The summed E-state index contributed by atoms with van der Waals surface area (Å²) >= 11 is 0. The molecule has 9 heteroatoms. The molecule has 1 fully saturated rings. The third-order valence-electron chi connectivity index (χ3n) is 4.15. The van der Waals surface area contributed by atoms with Gasteiger partial charge in [0.15, 0.2) is 5.69 Å². The molecule has 1 atom stereocenters. The number of ether oxygens (including phenoxy) is 1. The van der Waals surface area contributed by atoms with E-state index in [9.17, 15) is 14.0 Å². The van der Waals surface area contributed by atoms with E-state index in [1.165, 1.54) is 4.68 Å². The summed E-state index contributed by atoms with van der Waals surface area (Å²) in [5, 5.41) is 9.38. The molecule has 144 valence electrons. The largest absolute Gasteiger partial charge is 0.357 e. The van der Waals surface area contributed by atoms with Crippen molar-refractivity contribution >= 4 is 17.5 Å². The fourth-order valence-corrected chi connectivity index (χ4v) is 2.83. The summed E-state index contributed by atoms with van der Waals surface area (Å²) in [4.78, 5) is 29.0. The van der Waals surface area contributed by atoms with Crippen LogP contribution in [0.4, 0.5) is 10.1 Å². The highest BCUT2D eigenvalue weighted by atomic mass is 19.1. The fraction of sp³-hybridized carbons (Fsp3) is 0.444. The number of nitrogens with one attached hydrogen (secondary N) is 2. The highest BCUT2D eigenvalue weighted by Gasteiger charge is 2.24. The van der Waals surface area contributed by atoms with Gasteiger partial charge in [0, 0.05) is 18.8 Å². The number of nitrogens with zero attached hydrogens (tertiary/aromatic N) is 3. The molecule has 2 amide bonds. The molecule has 0 spiro atoms. The first kappa shape index (κ1) is 19.0. The van der Waals surface area contributed by atoms with Crippen molar-refractivity contribution in [3.05, 3.63) is 41.5 Å². The van der Waals surface area contributed by atoms with Crippen LogP contribution in [-0.2, 0) is 4.74 Å². The Morgan fingerprint density at radius 2 is 2.19 bits per heavy atom. The number of pyridine rings is 1. The van der Waals surface area contributed by atoms with E-state index in [4.69, 9.17) is 4.74 Å². The third kappa shape index (κ3) is 4.68. The Kier molecular flexibility index (Phi) is 6.12. The van der Waals surface area contributed by atoms with Crippen LogP contribution in [0.5, 0.6) is 0 Å². The number of amides is 2. The first-order chi connectivity index (χ1) is 13.1. The van der Waals surface area contributed by atoms with Crippen molar-refractivity contribution in [2.75, 3.05) is 25.1 Å². The molecule has 2 N–H and O–H groups in total. The van der Waals surface area contributed by atoms with Crippen LogP contribution in [0.15, 0.2) is 24.4 Å². The van der Waals surface area contributed by atoms with E-state index in [1.807, 2.05) is 0 Å². The van der Waals surface area contributed by atoms with Crippen LogP contribution in [0.3, 0.4) is 0 Å². The maximum Gasteiger partial charge on any atom is 0.274 e. The molecule has 8 nitrogen and oxygen atoms in total. The van der Waals surface area contributed by atoms with Crippen LogP contribution in [-0.4, -0.2) is 46.4 Å². The van der Waals surface area contributed by atoms with E-state index in [-0.39, 0.29) is 29.8 Å². The van der Waals surface area contributed by atoms with Crippen molar-refractivity contribution in [1.82, 2.24) is 20.1 Å². The SMILES string of the molecule is Cc1cccc(C(=O)Nc2cn(C3CCCCO3)nc2C(=O)NCCF)n1. The van der Waals surface area contributed by atoms with E-state index >= 15 is 0 Å². The number of halogens is 1. The number of rotatable bonds is 6. The number of aromatic nitrogens is 3. The quantitative estimate of drug-likeness (QED) is 0.807. The molecule has 3 heterocycles. The van der Waals surface area contributed by atoms with Crippen LogP contribution in [0.1, 0.15) is 52.2 Å². The van der Waals surface area contributed by atoms with Gasteiger partial charge in [-0.05, 0) is 38.3 Å². The van der Waals surface area contributed by atoms with Gasteiger partial charge in [0.05, 0.1) is 11.9 Å². The lowest BCUT2D eigenvalue weighted by atomic mass is 10.2. The summed E-state index contributed by atoms with van der Waals surface area (Å²) < 4.78 is 19.6. The fourth-order valence-electron chi connectivity index (χ4n) is 2.83. The average Bonchev–Trinajstić information content (AvgIpc) is 3.10. The molecule has 3 rings (SSSR count). The number of carbonyl (C=O) groups excluding carboxylic acids is 2. The molecular weight excluding hydrogens is 353 g/mol. The van der Waals surface area contributed by atoms with Crippen LogP contribution >= 0.6 is 0 Å². The van der Waals surface area contributed by atoms with Gasteiger partial charge in [-0.2, -0.15) is 5.10 Å². The van der Waals surface area contributed by atoms with E-state index in [2.05, 4.69) is 20.7 Å². The monoisotopic (exact) mass is 375 g/mol. The Morgan fingerprint density at radius 3 is 2.89 bits per heavy atom. The van der Waals surface area contributed by atoms with Crippen LogP contribution in [0.25, 0.3) is 0 Å². The Labute approximate surface area is 156 Å². The molecule has 27 heavy (non-hydrogen) atoms. The molecule has 1 saturated heterocycles. The van der Waals surface area contributed by atoms with E-state index < -0.39 is 18.5 Å². The zero-order valence-corrected chi connectivity index (χ0v) is 15.1. The zero-order valence-electron chi connectivity index (χ0n) is 15.1. The molecule has 0 bridgehead atoms. The molecule has 1 aliphatic rings. The Balaban J connectivity index is 1.85. The number of alkyl halides is 1. The molecule has 2 aromatic rings. The number of carbonyl (C=O) groups is 2. The van der Waals surface area contributed by atoms with Crippen molar-refractivity contribution in [3.8, 4) is 0 Å². The molecule has 0 aromatic carbocycles. The van der Waals surface area contributed by atoms with Gasteiger partial charge < -0.3 is 15.4 Å². The Morgan fingerprint density at radius 1 is 1.33 bits per heavy atom. The van der Waals surface area contributed by atoms with Gasteiger partial charge in [-0.3, -0.25) is 9.59 Å². The van der Waals surface area contributed by atoms with Crippen molar-refractivity contribution in [3.63, 3.8) is 0 Å². The Hall–Kier alpha value is -2.81. The lowest BCUT2D eigenvalue weighted by Crippen LogP contribution is -2.27. The smallest absolute Gasteiger partial charge is 0.274 e. The molecule has 2 aromatic heterocycles. The molecule has 0 saturated carbocycles. The number of hydrogen-bond donors (Lipinski definition) is 2. The van der Waals surface area contributed by atoms with Gasteiger partial charge in [-0.15, -0.1) is 0 Å². The second-order valence-electron chi connectivity index (χ2n) is 6.26. The molecule has 1 unspecified atom stereocenters. The third-order valence-corrected chi connectivity index (χ3v) is 4.15. The summed E-state index contributed by atoms with van der Waals surface area (Å²) in [5.41, 5.74) is 1.18. The second-order valence-corrected chi connectivity index (χ2v) is 6.26. The van der Waals surface area contributed by atoms with E-state index in [0.717, 1.165) is 19.3 Å². The topological polar surface area (TPSA) is 98.1 Å². The maximum absolute atomic E-state index is 12.5. The van der Waals surface area contributed by atoms with Crippen LogP contribution < -0.4 is 10.6 Å². The standard InChI is InChI=1S/C18H22FN5O3/c1-12-5-4-6-13(21-12)17(25)22-14-11-24(15-7-2-3-10-27-15)23-16(14)18(26)20-9-8-19/h4-6,11,15H,2-3,7-10H2,1H3,(H,20,26)(H,22,25). The summed E-state index contributed by atoms with van der Waals surface area (Å²) in [5.74, 6) is -1.02. The number of anilines is 1. The normalized spacial score (nSPS) is 16.7. The first-order valence-electron chi connectivity index (χ1n) is 8.88. The van der Waals surface area contributed by atoms with Crippen molar-refractivity contribution < 1.29 is 18.7 Å². The van der Waals surface area contributed by atoms with Gasteiger partial charge in [-0.25, -0.2) is 14.1 Å². The summed E-state index contributed by atoms with van der Waals surface area (Å²) in [7, 11) is 0. The van der Waals surface area contributed by atoms with Gasteiger partial charge in [0.1, 0.15) is 18.6 Å². The summed E-state index contributed by atoms with van der Waals surface area (Å²) in [6.45, 7) is 1.58. The average molecular weight is 375 g/mol. The molecule has 1 aliphatic heterocycles. The molecule has 0 radical (unpaired) electrons. The highest BCUT2D eigenvalue weighted by Crippen LogP contribution is 2.25. The highest BCUT2D eigenvalue weighted by molar-refractivity contribution is 6.07. The van der Waals surface area contributed by atoms with E-state index in [1.54, 1.807) is 31.3 Å². The van der Waals surface area contributed by atoms with Gasteiger partial charge >= 0.3 is 0 Å². The number of aryl methyl sites for hydroxylation is 1. The lowest BCUT2D eigenvalue weighted by Gasteiger charge is -2.22. The first-order valence-corrected chi connectivity index (χ1v) is 8.88. The van der Waals surface area contributed by atoms with Crippen molar-refractivity contribution in [2.45, 2.75) is 32.4 Å². The predicted octanol–water partition coefficient (Wildman–Crippen LogP) is 2.24. The van der Waals surface area contributed by atoms with Gasteiger partial charge in [0.2, 0.25) is 0 Å².